The van der Waals surface area contributed by atoms with Gasteiger partial charge >= 0.3 is 0 Å². The molecule has 0 aliphatic carbocycles. The smallest absolute Gasteiger partial charge is 0.119 e. The molecule has 0 bridgehead atoms. The minimum atomic E-state index is -0.434. The number of aromatic nitrogens is 3. The van der Waals surface area contributed by atoms with E-state index in [4.69, 9.17) is 11.6 Å². The van der Waals surface area contributed by atoms with Crippen molar-refractivity contribution in [3.05, 3.63) is 47.5 Å². The maximum absolute atomic E-state index is 10.1. The number of aliphatic hydroxyl groups is 1. The van der Waals surface area contributed by atoms with Gasteiger partial charge in [0, 0.05) is 5.02 Å². The topological polar surface area (TPSA) is 50.9 Å². The van der Waals surface area contributed by atoms with E-state index in [1.807, 2.05) is 28.8 Å². The van der Waals surface area contributed by atoms with E-state index in [-0.39, 0.29) is 12.0 Å². The summed E-state index contributed by atoms with van der Waals surface area (Å²) in [6.07, 6.45) is 5.02. The molecule has 1 N–H and O–H groups in total. The molecule has 2 aromatic rings. The van der Waals surface area contributed by atoms with Crippen LogP contribution in [0, 0.1) is 5.41 Å². The summed E-state index contributed by atoms with van der Waals surface area (Å²) in [5.74, 6) is 0. The zero-order valence-corrected chi connectivity index (χ0v) is 13.5. The van der Waals surface area contributed by atoms with E-state index in [1.165, 1.54) is 5.56 Å². The Balaban J connectivity index is 2.26. The van der Waals surface area contributed by atoms with Crippen LogP contribution in [0.2, 0.25) is 5.02 Å². The summed E-state index contributed by atoms with van der Waals surface area (Å²) in [7, 11) is 0. The van der Waals surface area contributed by atoms with Gasteiger partial charge in [0.2, 0.25) is 0 Å². The predicted molar refractivity (Wildman–Crippen MR) is 84.3 cm³/mol. The van der Waals surface area contributed by atoms with E-state index in [1.54, 1.807) is 12.7 Å². The van der Waals surface area contributed by atoms with Crippen LogP contribution in [0.4, 0.5) is 0 Å². The van der Waals surface area contributed by atoms with Crippen molar-refractivity contribution in [1.82, 2.24) is 14.8 Å². The number of aliphatic hydroxyl groups excluding tert-OH is 1. The van der Waals surface area contributed by atoms with E-state index >= 15 is 0 Å². The standard InChI is InChI=1S/C16H22ClN3O/c1-15(2,3)16(10-21,20-11-18-19-12-20)9-8-13-4-6-14(17)7-5-13/h4-7,11-12,21H,8-10H2,1-3H3. The van der Waals surface area contributed by atoms with Crippen LogP contribution in [0.1, 0.15) is 32.8 Å². The summed E-state index contributed by atoms with van der Waals surface area (Å²) in [6.45, 7) is 6.43. The van der Waals surface area contributed by atoms with E-state index in [9.17, 15) is 5.11 Å². The van der Waals surface area contributed by atoms with Crippen LogP contribution < -0.4 is 0 Å². The van der Waals surface area contributed by atoms with Gasteiger partial charge in [-0.05, 0) is 36.0 Å². The Bertz CT molecular complexity index is 560. The van der Waals surface area contributed by atoms with E-state index < -0.39 is 5.54 Å². The van der Waals surface area contributed by atoms with Crippen molar-refractivity contribution in [3.63, 3.8) is 0 Å². The molecule has 1 unspecified atom stereocenters. The molecule has 1 aromatic heterocycles. The van der Waals surface area contributed by atoms with Gasteiger partial charge in [0.1, 0.15) is 12.7 Å². The third kappa shape index (κ3) is 3.27. The molecule has 0 radical (unpaired) electrons. The molecule has 0 saturated carbocycles. The predicted octanol–water partition coefficient (Wildman–Crippen LogP) is 3.30. The number of hydrogen-bond donors (Lipinski definition) is 1. The SMILES string of the molecule is CC(C)(C)C(CO)(CCc1ccc(Cl)cc1)n1cnnc1. The fourth-order valence-corrected chi connectivity index (χ4v) is 2.84. The zero-order chi connectivity index (χ0) is 15.5. The molecule has 0 spiro atoms. The van der Waals surface area contributed by atoms with Crippen molar-refractivity contribution >= 4 is 11.6 Å². The van der Waals surface area contributed by atoms with Crippen molar-refractivity contribution in [1.29, 1.82) is 0 Å². The van der Waals surface area contributed by atoms with Gasteiger partial charge < -0.3 is 9.67 Å². The average Bonchev–Trinajstić information content (AvgIpc) is 2.95. The van der Waals surface area contributed by atoms with Crippen LogP contribution in [0.15, 0.2) is 36.9 Å². The molecule has 5 heteroatoms. The lowest BCUT2D eigenvalue weighted by atomic mass is 9.70. The first-order valence-electron chi connectivity index (χ1n) is 7.09. The van der Waals surface area contributed by atoms with E-state index in [0.717, 1.165) is 17.9 Å². The first-order chi connectivity index (χ1) is 9.89. The molecule has 0 saturated heterocycles. The molecule has 1 aromatic carbocycles. The van der Waals surface area contributed by atoms with Crippen molar-refractivity contribution in [2.75, 3.05) is 6.61 Å². The molecule has 0 aliphatic heterocycles. The number of nitrogens with zero attached hydrogens (tertiary/aromatic N) is 3. The molecule has 21 heavy (non-hydrogen) atoms. The third-order valence-electron chi connectivity index (χ3n) is 4.31. The number of hydrogen-bond acceptors (Lipinski definition) is 3. The normalized spacial score (nSPS) is 14.9. The van der Waals surface area contributed by atoms with Crippen molar-refractivity contribution in [2.45, 2.75) is 39.2 Å². The van der Waals surface area contributed by atoms with Gasteiger partial charge in [-0.3, -0.25) is 0 Å². The lowest BCUT2D eigenvalue weighted by Gasteiger charge is -2.44. The summed E-state index contributed by atoms with van der Waals surface area (Å²) < 4.78 is 1.93. The van der Waals surface area contributed by atoms with Gasteiger partial charge in [0.25, 0.3) is 0 Å². The Labute approximate surface area is 130 Å². The van der Waals surface area contributed by atoms with E-state index in [2.05, 4.69) is 31.0 Å². The molecule has 1 heterocycles. The lowest BCUT2D eigenvalue weighted by Crippen LogP contribution is -2.48. The monoisotopic (exact) mass is 307 g/mol. The van der Waals surface area contributed by atoms with Gasteiger partial charge in [0.05, 0.1) is 12.1 Å². The highest BCUT2D eigenvalue weighted by molar-refractivity contribution is 6.30. The number of halogens is 1. The average molecular weight is 308 g/mol. The summed E-state index contributed by atoms with van der Waals surface area (Å²) in [4.78, 5) is 0. The van der Waals surface area contributed by atoms with Crippen molar-refractivity contribution in [3.8, 4) is 0 Å². The maximum atomic E-state index is 10.1. The number of rotatable bonds is 5. The van der Waals surface area contributed by atoms with Gasteiger partial charge in [-0.25, -0.2) is 0 Å². The summed E-state index contributed by atoms with van der Waals surface area (Å²) >= 11 is 5.92. The zero-order valence-electron chi connectivity index (χ0n) is 12.8. The summed E-state index contributed by atoms with van der Waals surface area (Å²) in [5, 5.41) is 18.6. The molecule has 0 fully saturated rings. The molecule has 1 atom stereocenters. The van der Waals surface area contributed by atoms with Crippen LogP contribution >= 0.6 is 11.6 Å². The van der Waals surface area contributed by atoms with Gasteiger partial charge in [0.15, 0.2) is 0 Å². The second-order valence-corrected chi connectivity index (χ2v) is 6.87. The highest BCUT2D eigenvalue weighted by atomic mass is 35.5. The lowest BCUT2D eigenvalue weighted by molar-refractivity contribution is 0.0182. The highest BCUT2D eigenvalue weighted by Gasteiger charge is 2.42. The van der Waals surface area contributed by atoms with Gasteiger partial charge in [-0.15, -0.1) is 10.2 Å². The number of benzene rings is 1. The first-order valence-corrected chi connectivity index (χ1v) is 7.47. The van der Waals surface area contributed by atoms with E-state index in [0.29, 0.717) is 0 Å². The fraction of sp³-hybridized carbons (Fsp3) is 0.500. The Morgan fingerprint density at radius 1 is 1.10 bits per heavy atom. The molecule has 2 rings (SSSR count). The second kappa shape index (κ2) is 6.16. The first kappa shape index (κ1) is 16.0. The molecular formula is C16H22ClN3O. The number of aryl methyl sites for hydroxylation is 1. The second-order valence-electron chi connectivity index (χ2n) is 6.44. The van der Waals surface area contributed by atoms with Gasteiger partial charge in [-0.1, -0.05) is 44.5 Å². The molecule has 0 amide bonds. The highest BCUT2D eigenvalue weighted by Crippen LogP contribution is 2.40. The summed E-state index contributed by atoms with van der Waals surface area (Å²) in [6, 6.07) is 7.85. The molecular weight excluding hydrogens is 286 g/mol. The van der Waals surface area contributed by atoms with Crippen molar-refractivity contribution in [2.24, 2.45) is 5.41 Å². The van der Waals surface area contributed by atoms with Crippen molar-refractivity contribution < 1.29 is 5.11 Å². The van der Waals surface area contributed by atoms with Crippen LogP contribution in [-0.4, -0.2) is 26.5 Å². The molecule has 114 valence electrons. The van der Waals surface area contributed by atoms with Crippen LogP contribution in [0.5, 0.6) is 0 Å². The molecule has 4 nitrogen and oxygen atoms in total. The quantitative estimate of drug-likeness (QED) is 0.922. The maximum Gasteiger partial charge on any atom is 0.119 e. The fourth-order valence-electron chi connectivity index (χ4n) is 2.71. The minimum Gasteiger partial charge on any atom is -0.394 e. The Kier molecular flexibility index (Phi) is 4.69. The van der Waals surface area contributed by atoms with Crippen LogP contribution in [-0.2, 0) is 12.0 Å². The van der Waals surface area contributed by atoms with Crippen LogP contribution in [0.3, 0.4) is 0 Å². The Morgan fingerprint density at radius 3 is 2.14 bits per heavy atom. The van der Waals surface area contributed by atoms with Crippen LogP contribution in [0.25, 0.3) is 0 Å². The summed E-state index contributed by atoms with van der Waals surface area (Å²) in [5.41, 5.74) is 0.640. The third-order valence-corrected chi connectivity index (χ3v) is 4.56. The van der Waals surface area contributed by atoms with Gasteiger partial charge in [-0.2, -0.15) is 0 Å². The largest absolute Gasteiger partial charge is 0.394 e. The Hall–Kier alpha value is -1.39. The Morgan fingerprint density at radius 2 is 1.67 bits per heavy atom. The molecule has 0 aliphatic rings. The minimum absolute atomic E-state index is 0.0438.